The summed E-state index contributed by atoms with van der Waals surface area (Å²) in [6.07, 6.45) is 8.35. The standard InChI is InChI=1S/C32H33N5O6/c1-2-31-15-8-9-18-42-30(41)26(31)25-28(39)37(24(19-38)21-11-4-3-5-12-21)27-29(40)35(17-10-16-32(25,27)43-31)20-36-23-14-7-6-13-22(23)33-34-36/h3-8,10-16,24-27,38H,2,9,17-20H2,1H3/t24-,25+,26-,27?,31+,32+/m1/s1. The van der Waals surface area contributed by atoms with Crippen molar-refractivity contribution >= 4 is 28.8 Å². The molecule has 0 aliphatic carbocycles. The highest BCUT2D eigenvalue weighted by atomic mass is 16.6. The van der Waals surface area contributed by atoms with Gasteiger partial charge in [0.15, 0.2) is 0 Å². The van der Waals surface area contributed by atoms with Gasteiger partial charge in [0.25, 0.3) is 5.91 Å². The molecule has 5 heterocycles. The van der Waals surface area contributed by atoms with Crippen molar-refractivity contribution in [2.75, 3.05) is 19.8 Å². The molecule has 11 nitrogen and oxygen atoms in total. The van der Waals surface area contributed by atoms with Gasteiger partial charge in [-0.2, -0.15) is 0 Å². The van der Waals surface area contributed by atoms with Crippen LogP contribution in [-0.2, 0) is 30.5 Å². The zero-order chi connectivity index (χ0) is 29.8. The Morgan fingerprint density at radius 2 is 1.79 bits per heavy atom. The molecule has 1 N–H and O–H groups in total. The normalized spacial score (nSPS) is 30.8. The number of hydrogen-bond donors (Lipinski definition) is 1. The molecule has 4 aliphatic heterocycles. The maximum atomic E-state index is 14.8. The number of benzene rings is 2. The van der Waals surface area contributed by atoms with Crippen molar-refractivity contribution in [1.29, 1.82) is 0 Å². The molecule has 2 amide bonds. The first-order valence-electron chi connectivity index (χ1n) is 14.7. The Morgan fingerprint density at radius 3 is 2.58 bits per heavy atom. The highest BCUT2D eigenvalue weighted by Crippen LogP contribution is 2.59. The third-order valence-electron chi connectivity index (χ3n) is 9.34. The van der Waals surface area contributed by atoms with Gasteiger partial charge in [0.2, 0.25) is 5.91 Å². The van der Waals surface area contributed by atoms with Gasteiger partial charge in [-0.05, 0) is 30.5 Å². The molecule has 2 aromatic carbocycles. The van der Waals surface area contributed by atoms with Gasteiger partial charge in [-0.3, -0.25) is 14.4 Å². The second-order valence-corrected chi connectivity index (χ2v) is 11.5. The number of carbonyl (C=O) groups is 3. The molecule has 1 spiro atoms. The van der Waals surface area contributed by atoms with E-state index < -0.39 is 53.6 Å². The van der Waals surface area contributed by atoms with Gasteiger partial charge in [0.1, 0.15) is 35.3 Å². The predicted molar refractivity (Wildman–Crippen MR) is 154 cm³/mol. The summed E-state index contributed by atoms with van der Waals surface area (Å²) in [6.45, 7) is 2.00. The van der Waals surface area contributed by atoms with Gasteiger partial charge in [0, 0.05) is 6.54 Å². The lowest BCUT2D eigenvalue weighted by Gasteiger charge is -2.41. The van der Waals surface area contributed by atoms with E-state index in [9.17, 15) is 19.5 Å². The second kappa shape index (κ2) is 10.4. The Morgan fingerprint density at radius 1 is 1.00 bits per heavy atom. The van der Waals surface area contributed by atoms with E-state index in [1.54, 1.807) is 15.7 Å². The SMILES string of the molecule is CC[C@]12C=CCCOC(=O)[C@H]1[C@H]1C(=O)N([C@H](CO)c3ccccc3)C3C(=O)N(Cn4nnc5ccccc54)CC=C[C@@]31O2. The average Bonchev–Trinajstić information content (AvgIpc) is 3.59. The molecule has 6 atom stereocenters. The molecule has 2 saturated heterocycles. The van der Waals surface area contributed by atoms with Crippen LogP contribution in [0.5, 0.6) is 0 Å². The lowest BCUT2D eigenvalue weighted by Crippen LogP contribution is -2.57. The molecular formula is C32H33N5O6. The number of likely N-dealkylation sites (tertiary alicyclic amines) is 1. The first kappa shape index (κ1) is 27.5. The van der Waals surface area contributed by atoms with Crippen LogP contribution in [-0.4, -0.2) is 84.7 Å². The van der Waals surface area contributed by atoms with E-state index in [1.165, 1.54) is 4.90 Å². The molecule has 43 heavy (non-hydrogen) atoms. The number of esters is 1. The smallest absolute Gasteiger partial charge is 0.313 e. The topological polar surface area (TPSA) is 127 Å². The number of fused-ring (bicyclic) bond motifs is 3. The van der Waals surface area contributed by atoms with Crippen molar-refractivity contribution in [3.05, 3.63) is 84.5 Å². The monoisotopic (exact) mass is 583 g/mol. The molecule has 0 saturated carbocycles. The molecule has 4 aliphatic rings. The van der Waals surface area contributed by atoms with Crippen molar-refractivity contribution in [1.82, 2.24) is 24.8 Å². The number of para-hydroxylation sites is 1. The number of cyclic esters (lactones) is 1. The largest absolute Gasteiger partial charge is 0.465 e. The number of rotatable bonds is 6. The number of amides is 2. The summed E-state index contributed by atoms with van der Waals surface area (Å²) in [4.78, 5) is 46.2. The van der Waals surface area contributed by atoms with Crippen LogP contribution in [0.1, 0.15) is 31.4 Å². The molecule has 11 heteroatoms. The van der Waals surface area contributed by atoms with E-state index in [0.717, 1.165) is 5.52 Å². The molecular weight excluding hydrogens is 550 g/mol. The molecule has 0 radical (unpaired) electrons. The summed E-state index contributed by atoms with van der Waals surface area (Å²) in [5.74, 6) is -3.30. The number of aliphatic hydroxyl groups is 1. The third kappa shape index (κ3) is 4.05. The minimum absolute atomic E-state index is 0.0857. The van der Waals surface area contributed by atoms with Crippen molar-refractivity contribution in [3.8, 4) is 0 Å². The Bertz CT molecular complexity index is 1640. The second-order valence-electron chi connectivity index (χ2n) is 11.5. The van der Waals surface area contributed by atoms with Crippen molar-refractivity contribution in [3.63, 3.8) is 0 Å². The number of nitrogens with zero attached hydrogens (tertiary/aromatic N) is 5. The molecule has 1 aromatic heterocycles. The van der Waals surface area contributed by atoms with Crippen LogP contribution in [0.25, 0.3) is 11.0 Å². The lowest BCUT2D eigenvalue weighted by atomic mass is 9.73. The molecule has 0 bridgehead atoms. The van der Waals surface area contributed by atoms with E-state index >= 15 is 0 Å². The van der Waals surface area contributed by atoms with Crippen LogP contribution in [0.4, 0.5) is 0 Å². The Balaban J connectivity index is 1.37. The molecule has 2 fully saturated rings. The fourth-order valence-electron chi connectivity index (χ4n) is 7.39. The number of ether oxygens (including phenoxy) is 2. The first-order chi connectivity index (χ1) is 20.9. The fourth-order valence-corrected chi connectivity index (χ4v) is 7.39. The summed E-state index contributed by atoms with van der Waals surface area (Å²) in [6, 6.07) is 14.6. The van der Waals surface area contributed by atoms with Crippen molar-refractivity contribution in [2.45, 2.75) is 49.7 Å². The summed E-state index contributed by atoms with van der Waals surface area (Å²) < 4.78 is 14.2. The Labute approximate surface area is 248 Å². The van der Waals surface area contributed by atoms with Gasteiger partial charge < -0.3 is 24.4 Å². The zero-order valence-corrected chi connectivity index (χ0v) is 23.8. The lowest BCUT2D eigenvalue weighted by molar-refractivity contribution is -0.164. The van der Waals surface area contributed by atoms with E-state index in [2.05, 4.69) is 10.3 Å². The predicted octanol–water partition coefficient (Wildman–Crippen LogP) is 2.38. The third-order valence-corrected chi connectivity index (χ3v) is 9.34. The summed E-state index contributed by atoms with van der Waals surface area (Å²) in [5, 5.41) is 19.2. The minimum atomic E-state index is -1.47. The summed E-state index contributed by atoms with van der Waals surface area (Å²) in [7, 11) is 0. The van der Waals surface area contributed by atoms with E-state index in [0.29, 0.717) is 23.9 Å². The Kier molecular flexibility index (Phi) is 6.66. The van der Waals surface area contributed by atoms with E-state index in [1.807, 2.05) is 79.7 Å². The van der Waals surface area contributed by atoms with Crippen LogP contribution in [0.2, 0.25) is 0 Å². The van der Waals surface area contributed by atoms with Crippen LogP contribution in [0.3, 0.4) is 0 Å². The fraction of sp³-hybridized carbons (Fsp3) is 0.406. The average molecular weight is 584 g/mol. The van der Waals surface area contributed by atoms with Gasteiger partial charge in [-0.1, -0.05) is 78.9 Å². The van der Waals surface area contributed by atoms with Gasteiger partial charge >= 0.3 is 5.97 Å². The number of carbonyl (C=O) groups excluding carboxylic acids is 3. The van der Waals surface area contributed by atoms with E-state index in [-0.39, 0.29) is 25.7 Å². The van der Waals surface area contributed by atoms with Crippen LogP contribution < -0.4 is 0 Å². The maximum Gasteiger partial charge on any atom is 0.313 e. The zero-order valence-electron chi connectivity index (χ0n) is 23.8. The summed E-state index contributed by atoms with van der Waals surface area (Å²) >= 11 is 0. The van der Waals surface area contributed by atoms with Gasteiger partial charge in [0.05, 0.1) is 30.7 Å². The van der Waals surface area contributed by atoms with E-state index in [4.69, 9.17) is 9.47 Å². The summed E-state index contributed by atoms with van der Waals surface area (Å²) in [5.41, 5.74) is -0.466. The molecule has 222 valence electrons. The maximum absolute atomic E-state index is 14.8. The van der Waals surface area contributed by atoms with Crippen molar-refractivity contribution < 1.29 is 29.0 Å². The van der Waals surface area contributed by atoms with Crippen LogP contribution in [0, 0.1) is 11.8 Å². The number of aromatic nitrogens is 3. The van der Waals surface area contributed by atoms with Gasteiger partial charge in [-0.25, -0.2) is 4.68 Å². The van der Waals surface area contributed by atoms with Crippen molar-refractivity contribution in [2.24, 2.45) is 11.8 Å². The first-order valence-corrected chi connectivity index (χ1v) is 14.7. The molecule has 1 unspecified atom stereocenters. The van der Waals surface area contributed by atoms with Crippen LogP contribution in [0.15, 0.2) is 78.9 Å². The highest BCUT2D eigenvalue weighted by Gasteiger charge is 2.76. The Hall–Kier alpha value is -4.35. The molecule has 3 aromatic rings. The number of hydrogen-bond acceptors (Lipinski definition) is 8. The highest BCUT2D eigenvalue weighted by molar-refractivity contribution is 5.99. The molecule has 7 rings (SSSR count). The van der Waals surface area contributed by atoms with Gasteiger partial charge in [-0.15, -0.1) is 5.10 Å². The van der Waals surface area contributed by atoms with Crippen LogP contribution >= 0.6 is 0 Å². The minimum Gasteiger partial charge on any atom is -0.465 e. The number of aliphatic hydroxyl groups excluding tert-OH is 1. The quantitative estimate of drug-likeness (QED) is 0.346.